The molecule has 4 aliphatic carbocycles. The molecule has 6 rings (SSSR count). The first-order valence-corrected chi connectivity index (χ1v) is 14.1. The van der Waals surface area contributed by atoms with E-state index < -0.39 is 33.2 Å². The van der Waals surface area contributed by atoms with E-state index >= 15 is 0 Å². The molecular formula is C26H29ClFN3O4S. The molecule has 36 heavy (non-hydrogen) atoms. The van der Waals surface area contributed by atoms with Crippen LogP contribution >= 0.6 is 11.6 Å². The number of hydrazine groups is 1. The Bertz CT molecular complexity index is 1220. The van der Waals surface area contributed by atoms with E-state index in [1.54, 1.807) is 0 Å². The van der Waals surface area contributed by atoms with Crippen molar-refractivity contribution >= 4 is 33.4 Å². The Morgan fingerprint density at radius 1 is 0.917 bits per heavy atom. The molecule has 0 spiro atoms. The molecule has 0 unspecified atom stereocenters. The van der Waals surface area contributed by atoms with E-state index in [0.29, 0.717) is 28.3 Å². The Morgan fingerprint density at radius 2 is 1.47 bits per heavy atom. The molecule has 10 heteroatoms. The molecule has 192 valence electrons. The number of hydrogen-bond acceptors (Lipinski definition) is 4. The second-order valence-electron chi connectivity index (χ2n) is 10.6. The minimum atomic E-state index is -4.01. The highest BCUT2D eigenvalue weighted by Crippen LogP contribution is 2.60. The van der Waals surface area contributed by atoms with Crippen LogP contribution in [0.5, 0.6) is 0 Å². The van der Waals surface area contributed by atoms with Gasteiger partial charge < -0.3 is 0 Å². The average molecular weight is 534 g/mol. The van der Waals surface area contributed by atoms with Gasteiger partial charge in [0.1, 0.15) is 5.82 Å². The van der Waals surface area contributed by atoms with Crippen molar-refractivity contribution in [1.29, 1.82) is 0 Å². The summed E-state index contributed by atoms with van der Waals surface area (Å²) >= 11 is 5.87. The lowest BCUT2D eigenvalue weighted by Gasteiger charge is -2.55. The zero-order valence-electron chi connectivity index (χ0n) is 19.7. The van der Waals surface area contributed by atoms with Crippen molar-refractivity contribution < 1.29 is 22.4 Å². The van der Waals surface area contributed by atoms with Crippen LogP contribution in [0.15, 0.2) is 53.4 Å². The highest BCUT2D eigenvalue weighted by molar-refractivity contribution is 7.89. The smallest absolute Gasteiger partial charge is 0.244 e. The van der Waals surface area contributed by atoms with E-state index in [2.05, 4.69) is 15.6 Å². The molecule has 2 amide bonds. The van der Waals surface area contributed by atoms with E-state index in [0.717, 1.165) is 19.3 Å². The summed E-state index contributed by atoms with van der Waals surface area (Å²) in [4.78, 5) is 26.0. The molecule has 0 aromatic heterocycles. The molecule has 0 heterocycles. The summed E-state index contributed by atoms with van der Waals surface area (Å²) < 4.78 is 42.0. The third-order valence-electron chi connectivity index (χ3n) is 7.92. The molecule has 1 atom stereocenters. The van der Waals surface area contributed by atoms with Crippen LogP contribution in [0.1, 0.15) is 56.6 Å². The average Bonchev–Trinajstić information content (AvgIpc) is 2.82. The summed E-state index contributed by atoms with van der Waals surface area (Å²) in [6.07, 6.45) is 5.89. The second kappa shape index (κ2) is 9.76. The zero-order chi connectivity index (χ0) is 25.5. The van der Waals surface area contributed by atoms with Crippen molar-refractivity contribution in [2.75, 3.05) is 0 Å². The van der Waals surface area contributed by atoms with Crippen molar-refractivity contribution in [2.45, 2.75) is 55.9 Å². The van der Waals surface area contributed by atoms with Gasteiger partial charge >= 0.3 is 0 Å². The van der Waals surface area contributed by atoms with Crippen molar-refractivity contribution in [3.8, 4) is 0 Å². The molecule has 2 aromatic rings. The Hall–Kier alpha value is -2.49. The van der Waals surface area contributed by atoms with Gasteiger partial charge in [-0.05, 0) is 98.2 Å². The quantitative estimate of drug-likeness (QED) is 0.463. The summed E-state index contributed by atoms with van der Waals surface area (Å²) in [6, 6.07) is 9.89. The Labute approximate surface area is 215 Å². The van der Waals surface area contributed by atoms with Gasteiger partial charge in [0.2, 0.25) is 21.8 Å². The molecule has 4 bridgehead atoms. The predicted molar refractivity (Wildman–Crippen MR) is 132 cm³/mol. The summed E-state index contributed by atoms with van der Waals surface area (Å²) in [5.74, 6) is 0.565. The number of carbonyl (C=O) groups excluding carboxylic acids is 2. The number of carbonyl (C=O) groups is 2. The van der Waals surface area contributed by atoms with Gasteiger partial charge in [-0.2, -0.15) is 0 Å². The summed E-state index contributed by atoms with van der Waals surface area (Å²) in [5.41, 5.74) is 5.09. The maximum absolute atomic E-state index is 13.5. The maximum atomic E-state index is 13.5. The summed E-state index contributed by atoms with van der Waals surface area (Å²) in [6.45, 7) is 0. The van der Waals surface area contributed by atoms with E-state index in [4.69, 9.17) is 11.6 Å². The number of sulfonamides is 1. The van der Waals surface area contributed by atoms with Crippen molar-refractivity contribution in [3.05, 3.63) is 64.9 Å². The highest BCUT2D eigenvalue weighted by Gasteiger charge is 2.54. The van der Waals surface area contributed by atoms with Gasteiger partial charge in [0, 0.05) is 11.4 Å². The lowest BCUT2D eigenvalue weighted by atomic mass is 9.49. The van der Waals surface area contributed by atoms with E-state index in [9.17, 15) is 22.4 Å². The van der Waals surface area contributed by atoms with Crippen LogP contribution in [0.3, 0.4) is 0 Å². The minimum absolute atomic E-state index is 0.0189. The van der Waals surface area contributed by atoms with Crippen LogP contribution in [0.25, 0.3) is 0 Å². The molecule has 7 nitrogen and oxygen atoms in total. The topological polar surface area (TPSA) is 104 Å². The first kappa shape index (κ1) is 25.2. The largest absolute Gasteiger partial charge is 0.273 e. The fourth-order valence-electron chi connectivity index (χ4n) is 6.68. The van der Waals surface area contributed by atoms with Crippen LogP contribution in [0, 0.1) is 29.0 Å². The molecule has 4 aliphatic rings. The molecule has 4 saturated carbocycles. The first-order valence-electron chi connectivity index (χ1n) is 12.2. The second-order valence-corrected chi connectivity index (χ2v) is 12.7. The van der Waals surface area contributed by atoms with Crippen molar-refractivity contribution in [3.63, 3.8) is 0 Å². The third kappa shape index (κ3) is 5.28. The maximum Gasteiger partial charge on any atom is 0.244 e. The number of halogens is 2. The Kier molecular flexibility index (Phi) is 6.82. The van der Waals surface area contributed by atoms with Gasteiger partial charge in [-0.3, -0.25) is 20.4 Å². The standard InChI is InChI=1S/C26H29ClFN3O4S/c27-20-3-7-22(8-4-20)36(34,35)31-23(19-1-5-21(28)6-2-19)12-24(32)29-30-25(33)26-13-16-9-17(14-26)11-18(10-16)15-26/h1-8,16-18,23,31H,9-15H2,(H,29,32)(H,30,33)/t16?,17?,18?,23-,26?/m1/s1. The Morgan fingerprint density at radius 3 is 2.03 bits per heavy atom. The van der Waals surface area contributed by atoms with Crippen LogP contribution in [-0.4, -0.2) is 20.2 Å². The number of benzene rings is 2. The molecule has 0 radical (unpaired) electrons. The number of hydrogen-bond donors (Lipinski definition) is 3. The number of nitrogens with one attached hydrogen (secondary N) is 3. The molecule has 4 fully saturated rings. The normalized spacial score (nSPS) is 27.4. The fraction of sp³-hybridized carbons (Fsp3) is 0.462. The zero-order valence-corrected chi connectivity index (χ0v) is 21.2. The van der Waals surface area contributed by atoms with Crippen LogP contribution in [-0.2, 0) is 19.6 Å². The highest BCUT2D eigenvalue weighted by atomic mass is 35.5. The monoisotopic (exact) mass is 533 g/mol. The van der Waals surface area contributed by atoms with Gasteiger partial charge in [-0.25, -0.2) is 17.5 Å². The van der Waals surface area contributed by atoms with Crippen molar-refractivity contribution in [1.82, 2.24) is 15.6 Å². The van der Waals surface area contributed by atoms with Gasteiger partial charge in [0.25, 0.3) is 0 Å². The van der Waals surface area contributed by atoms with Crippen LogP contribution in [0.2, 0.25) is 5.02 Å². The first-order chi connectivity index (χ1) is 17.1. The van der Waals surface area contributed by atoms with Crippen LogP contribution < -0.4 is 15.6 Å². The van der Waals surface area contributed by atoms with E-state index in [-0.39, 0.29) is 17.2 Å². The predicted octanol–water partition coefficient (Wildman–Crippen LogP) is 4.25. The van der Waals surface area contributed by atoms with Crippen LogP contribution in [0.4, 0.5) is 4.39 Å². The molecular weight excluding hydrogens is 505 g/mol. The molecule has 0 saturated heterocycles. The molecule has 2 aromatic carbocycles. The van der Waals surface area contributed by atoms with Gasteiger partial charge in [-0.1, -0.05) is 23.7 Å². The fourth-order valence-corrected chi connectivity index (χ4v) is 8.03. The molecule has 0 aliphatic heterocycles. The lowest BCUT2D eigenvalue weighted by Crippen LogP contribution is -2.56. The Balaban J connectivity index is 1.26. The number of rotatable bonds is 7. The molecule has 3 N–H and O–H groups in total. The van der Waals surface area contributed by atoms with Gasteiger partial charge in [0.15, 0.2) is 0 Å². The lowest BCUT2D eigenvalue weighted by molar-refractivity contribution is -0.149. The van der Waals surface area contributed by atoms with E-state index in [1.807, 2.05) is 0 Å². The SMILES string of the molecule is O=C(C[C@@H](NS(=O)(=O)c1ccc(Cl)cc1)c1ccc(F)cc1)NNC(=O)C12CC3CC(CC(C3)C1)C2. The minimum Gasteiger partial charge on any atom is -0.273 e. The van der Waals surface area contributed by atoms with Gasteiger partial charge in [-0.15, -0.1) is 0 Å². The summed E-state index contributed by atoms with van der Waals surface area (Å²) in [5, 5.41) is 0.387. The third-order valence-corrected chi connectivity index (χ3v) is 9.66. The number of amides is 2. The van der Waals surface area contributed by atoms with E-state index in [1.165, 1.54) is 67.8 Å². The van der Waals surface area contributed by atoms with Gasteiger partial charge in [0.05, 0.1) is 16.4 Å². The van der Waals surface area contributed by atoms with Crippen molar-refractivity contribution in [2.24, 2.45) is 23.2 Å². The summed E-state index contributed by atoms with van der Waals surface area (Å²) in [7, 11) is -4.01.